The Labute approximate surface area is 149 Å². The van der Waals surface area contributed by atoms with Crippen molar-refractivity contribution >= 4 is 58.0 Å². The zero-order valence-electron chi connectivity index (χ0n) is 10.9. The van der Waals surface area contributed by atoms with Gasteiger partial charge in [0.2, 0.25) is 0 Å². The average molecular weight is 402 g/mol. The number of benzene rings is 1. The van der Waals surface area contributed by atoms with Crippen molar-refractivity contribution in [3.05, 3.63) is 50.2 Å². The van der Waals surface area contributed by atoms with E-state index in [2.05, 4.69) is 15.0 Å². The molecule has 4 nitrogen and oxygen atoms in total. The predicted molar refractivity (Wildman–Crippen MR) is 85.3 cm³/mol. The van der Waals surface area contributed by atoms with E-state index in [1.165, 1.54) is 24.4 Å². The Morgan fingerprint density at radius 3 is 2.43 bits per heavy atom. The maximum atomic E-state index is 12.2. The number of alkyl halides is 2. The molecule has 0 aliphatic rings. The van der Waals surface area contributed by atoms with Gasteiger partial charge in [0.15, 0.2) is 0 Å². The highest BCUT2D eigenvalue weighted by Crippen LogP contribution is 2.32. The molecular formula is C13H6Cl4F2N2O2. The average Bonchev–Trinajstić information content (AvgIpc) is 2.47. The van der Waals surface area contributed by atoms with Crippen LogP contribution in [0.3, 0.4) is 0 Å². The van der Waals surface area contributed by atoms with Gasteiger partial charge < -0.3 is 10.1 Å². The molecule has 1 aromatic carbocycles. The third-order valence-corrected chi connectivity index (χ3v) is 4.07. The van der Waals surface area contributed by atoms with E-state index in [1.54, 1.807) is 0 Å². The van der Waals surface area contributed by atoms with Crippen molar-refractivity contribution in [1.29, 1.82) is 0 Å². The molecule has 23 heavy (non-hydrogen) atoms. The summed E-state index contributed by atoms with van der Waals surface area (Å²) >= 11 is 23.3. The van der Waals surface area contributed by atoms with Gasteiger partial charge in [-0.25, -0.2) is 4.98 Å². The van der Waals surface area contributed by atoms with Crippen LogP contribution < -0.4 is 10.1 Å². The Morgan fingerprint density at radius 2 is 1.83 bits per heavy atom. The van der Waals surface area contributed by atoms with Crippen LogP contribution in [0.2, 0.25) is 20.1 Å². The van der Waals surface area contributed by atoms with Gasteiger partial charge in [-0.2, -0.15) is 8.78 Å². The van der Waals surface area contributed by atoms with Crippen LogP contribution in [0.25, 0.3) is 0 Å². The number of pyridine rings is 1. The molecule has 122 valence electrons. The lowest BCUT2D eigenvalue weighted by atomic mass is 10.2. The predicted octanol–water partition coefficient (Wildman–Crippen LogP) is 5.55. The molecule has 2 rings (SSSR count). The molecule has 0 fully saturated rings. The summed E-state index contributed by atoms with van der Waals surface area (Å²) in [5.74, 6) is -0.891. The van der Waals surface area contributed by atoms with Crippen molar-refractivity contribution in [3.8, 4) is 5.75 Å². The lowest BCUT2D eigenvalue weighted by Gasteiger charge is -2.10. The van der Waals surface area contributed by atoms with E-state index in [0.29, 0.717) is 0 Å². The number of ether oxygens (including phenoxy) is 1. The number of nitrogens with zero attached hydrogens (tertiary/aromatic N) is 1. The fourth-order valence-electron chi connectivity index (χ4n) is 1.56. The van der Waals surface area contributed by atoms with Gasteiger partial charge >= 0.3 is 6.61 Å². The maximum absolute atomic E-state index is 12.2. The zero-order chi connectivity index (χ0) is 17.1. The first-order chi connectivity index (χ1) is 10.8. The van der Waals surface area contributed by atoms with E-state index in [0.717, 1.165) is 0 Å². The molecule has 2 aromatic rings. The Kier molecular flexibility index (Phi) is 5.86. The fourth-order valence-corrected chi connectivity index (χ4v) is 2.35. The maximum Gasteiger partial charge on any atom is 0.387 e. The smallest absolute Gasteiger partial charge is 0.387 e. The van der Waals surface area contributed by atoms with Crippen molar-refractivity contribution < 1.29 is 18.3 Å². The highest BCUT2D eigenvalue weighted by molar-refractivity contribution is 6.49. The number of amides is 1. The van der Waals surface area contributed by atoms with E-state index in [-0.39, 0.29) is 37.2 Å². The molecule has 0 aliphatic carbocycles. The molecule has 0 spiro atoms. The van der Waals surface area contributed by atoms with Crippen molar-refractivity contribution in [2.75, 3.05) is 5.32 Å². The SMILES string of the molecule is O=C(Nc1ccc(OC(F)F)c(Cl)c1)c1ncc(Cl)c(Cl)c1Cl. The Balaban J connectivity index is 2.21. The molecular weight excluding hydrogens is 396 g/mol. The molecule has 1 N–H and O–H groups in total. The van der Waals surface area contributed by atoms with E-state index < -0.39 is 12.5 Å². The van der Waals surface area contributed by atoms with Crippen LogP contribution in [0.15, 0.2) is 24.4 Å². The normalized spacial score (nSPS) is 10.7. The summed E-state index contributed by atoms with van der Waals surface area (Å²) in [7, 11) is 0. The summed E-state index contributed by atoms with van der Waals surface area (Å²) in [4.78, 5) is 15.9. The van der Waals surface area contributed by atoms with Gasteiger partial charge in [0.1, 0.15) is 11.4 Å². The van der Waals surface area contributed by atoms with Gasteiger partial charge in [0, 0.05) is 11.9 Å². The Bertz CT molecular complexity index is 759. The minimum atomic E-state index is -3.01. The standard InChI is InChI=1S/C13H6Cl4F2N2O2/c14-6-3-5(1-2-8(6)23-13(18)19)21-12(22)11-10(17)9(16)7(15)4-20-11/h1-4,13H,(H,21,22). The molecule has 0 saturated carbocycles. The largest absolute Gasteiger partial charge is 0.433 e. The minimum Gasteiger partial charge on any atom is -0.433 e. The summed E-state index contributed by atoms with van der Waals surface area (Å²) in [6, 6.07) is 3.75. The number of carbonyl (C=O) groups excluding carboxylic acids is 1. The van der Waals surface area contributed by atoms with E-state index in [9.17, 15) is 13.6 Å². The second-order valence-electron chi connectivity index (χ2n) is 4.06. The number of halogens is 6. The molecule has 0 saturated heterocycles. The van der Waals surface area contributed by atoms with Crippen molar-refractivity contribution in [1.82, 2.24) is 4.98 Å². The van der Waals surface area contributed by atoms with Gasteiger partial charge in [-0.15, -0.1) is 0 Å². The number of carbonyl (C=O) groups is 1. The van der Waals surface area contributed by atoms with Gasteiger partial charge in [0.05, 0.1) is 20.1 Å². The van der Waals surface area contributed by atoms with Crippen LogP contribution in [0.5, 0.6) is 5.75 Å². The molecule has 10 heteroatoms. The van der Waals surface area contributed by atoms with Crippen LogP contribution in [0.1, 0.15) is 10.5 Å². The van der Waals surface area contributed by atoms with Crippen molar-refractivity contribution in [3.63, 3.8) is 0 Å². The topological polar surface area (TPSA) is 51.2 Å². The molecule has 1 aromatic heterocycles. The highest BCUT2D eigenvalue weighted by Gasteiger charge is 2.18. The van der Waals surface area contributed by atoms with Gasteiger partial charge in [-0.1, -0.05) is 46.4 Å². The lowest BCUT2D eigenvalue weighted by molar-refractivity contribution is -0.0497. The van der Waals surface area contributed by atoms with Crippen LogP contribution >= 0.6 is 46.4 Å². The van der Waals surface area contributed by atoms with Crippen molar-refractivity contribution in [2.45, 2.75) is 6.61 Å². The van der Waals surface area contributed by atoms with Crippen LogP contribution in [-0.4, -0.2) is 17.5 Å². The molecule has 1 amide bonds. The number of nitrogens with one attached hydrogen (secondary N) is 1. The van der Waals surface area contributed by atoms with Crippen LogP contribution in [0, 0.1) is 0 Å². The van der Waals surface area contributed by atoms with Gasteiger partial charge in [-0.05, 0) is 18.2 Å². The minimum absolute atomic E-state index is 0.00722. The van der Waals surface area contributed by atoms with Crippen molar-refractivity contribution in [2.24, 2.45) is 0 Å². The first kappa shape index (κ1) is 18.0. The number of hydrogen-bond acceptors (Lipinski definition) is 3. The number of rotatable bonds is 4. The lowest BCUT2D eigenvalue weighted by Crippen LogP contribution is -2.14. The number of hydrogen-bond donors (Lipinski definition) is 1. The third-order valence-electron chi connectivity index (χ3n) is 2.54. The van der Waals surface area contributed by atoms with Crippen LogP contribution in [-0.2, 0) is 0 Å². The molecule has 1 heterocycles. The first-order valence-corrected chi connectivity index (χ1v) is 7.36. The molecule has 0 unspecified atom stereocenters. The highest BCUT2D eigenvalue weighted by atomic mass is 35.5. The van der Waals surface area contributed by atoms with E-state index in [4.69, 9.17) is 46.4 Å². The summed E-state index contributed by atoms with van der Waals surface area (Å²) in [6.07, 6.45) is 1.18. The number of aromatic nitrogens is 1. The molecule has 0 atom stereocenters. The Hall–Kier alpha value is -1.34. The zero-order valence-corrected chi connectivity index (χ0v) is 13.9. The summed E-state index contributed by atoms with van der Waals surface area (Å²) in [5, 5.41) is 2.34. The first-order valence-electron chi connectivity index (χ1n) is 5.84. The summed E-state index contributed by atoms with van der Waals surface area (Å²) in [5.41, 5.74) is 0.0793. The quantitative estimate of drug-likeness (QED) is 0.730. The van der Waals surface area contributed by atoms with Gasteiger partial charge in [0.25, 0.3) is 5.91 Å². The molecule has 0 bridgehead atoms. The second-order valence-corrected chi connectivity index (χ2v) is 5.63. The van der Waals surface area contributed by atoms with E-state index >= 15 is 0 Å². The second kappa shape index (κ2) is 7.49. The van der Waals surface area contributed by atoms with Gasteiger partial charge in [-0.3, -0.25) is 4.79 Å². The fraction of sp³-hybridized carbons (Fsp3) is 0.0769. The monoisotopic (exact) mass is 400 g/mol. The van der Waals surface area contributed by atoms with E-state index in [1.807, 2.05) is 0 Å². The summed E-state index contributed by atoms with van der Waals surface area (Å²) in [6.45, 7) is -3.01. The third kappa shape index (κ3) is 4.35. The number of anilines is 1. The van der Waals surface area contributed by atoms with Crippen LogP contribution in [0.4, 0.5) is 14.5 Å². The summed E-state index contributed by atoms with van der Waals surface area (Å²) < 4.78 is 28.5. The molecule has 0 radical (unpaired) electrons. The molecule has 0 aliphatic heterocycles. The Morgan fingerprint density at radius 1 is 1.13 bits per heavy atom.